The summed E-state index contributed by atoms with van der Waals surface area (Å²) in [7, 11) is -2.88. The minimum atomic E-state index is -2.88. The summed E-state index contributed by atoms with van der Waals surface area (Å²) >= 11 is 1.62. The van der Waals surface area contributed by atoms with E-state index in [1.165, 1.54) is 0 Å². The Kier molecular flexibility index (Phi) is 7.34. The lowest BCUT2D eigenvalue weighted by Crippen LogP contribution is -2.44. The predicted octanol–water partition coefficient (Wildman–Crippen LogP) is 1.31. The number of aliphatic imine (C=N–C) groups is 1. The molecule has 0 aliphatic carbocycles. The van der Waals surface area contributed by atoms with Gasteiger partial charge in [0.25, 0.3) is 0 Å². The van der Waals surface area contributed by atoms with Crippen LogP contribution in [0.15, 0.2) is 11.2 Å². The van der Waals surface area contributed by atoms with E-state index in [4.69, 9.17) is 0 Å². The number of thiazole rings is 1. The first-order valence-electron chi connectivity index (χ1n) is 6.65. The van der Waals surface area contributed by atoms with Gasteiger partial charge >= 0.3 is 0 Å². The maximum Gasteiger partial charge on any atom is 0.191 e. The van der Waals surface area contributed by atoms with Gasteiger partial charge in [0, 0.05) is 23.7 Å². The van der Waals surface area contributed by atoms with E-state index in [1.807, 2.05) is 20.0 Å². The van der Waals surface area contributed by atoms with Crippen LogP contribution in [0.25, 0.3) is 0 Å². The Morgan fingerprint density at radius 2 is 2.33 bits per heavy atom. The van der Waals surface area contributed by atoms with E-state index in [-0.39, 0.29) is 41.5 Å². The van der Waals surface area contributed by atoms with E-state index in [1.54, 1.807) is 11.3 Å². The normalized spacial score (nSPS) is 20.9. The van der Waals surface area contributed by atoms with Gasteiger partial charge in [-0.05, 0) is 20.3 Å². The Morgan fingerprint density at radius 1 is 1.57 bits per heavy atom. The fourth-order valence-electron chi connectivity index (χ4n) is 2.04. The van der Waals surface area contributed by atoms with Gasteiger partial charge < -0.3 is 10.6 Å². The highest BCUT2D eigenvalue weighted by Gasteiger charge is 2.28. The summed E-state index contributed by atoms with van der Waals surface area (Å²) in [4.78, 5) is 9.88. The van der Waals surface area contributed by atoms with E-state index < -0.39 is 9.84 Å². The molecule has 0 radical (unpaired) electrons. The van der Waals surface area contributed by atoms with Crippen molar-refractivity contribution in [1.82, 2.24) is 15.6 Å². The zero-order chi connectivity index (χ0) is 14.6. The molecule has 1 aromatic rings. The molecule has 0 bridgehead atoms. The molecule has 0 aromatic carbocycles. The molecule has 2 rings (SSSR count). The number of sulfone groups is 1. The SMILES string of the molecule is CCNC(=NCc1ncc(C)s1)NC1CCS(=O)(=O)C1.I. The number of guanidine groups is 1. The molecule has 1 aliphatic rings. The highest BCUT2D eigenvalue weighted by atomic mass is 127. The second kappa shape index (κ2) is 8.28. The zero-order valence-electron chi connectivity index (χ0n) is 12.1. The van der Waals surface area contributed by atoms with Gasteiger partial charge in [0.05, 0.1) is 18.1 Å². The lowest BCUT2D eigenvalue weighted by molar-refractivity contribution is 0.599. The van der Waals surface area contributed by atoms with Crippen molar-refractivity contribution in [2.75, 3.05) is 18.1 Å². The van der Waals surface area contributed by atoms with Gasteiger partial charge in [-0.1, -0.05) is 0 Å². The summed E-state index contributed by atoms with van der Waals surface area (Å²) in [5, 5.41) is 7.28. The van der Waals surface area contributed by atoms with Crippen molar-refractivity contribution in [2.45, 2.75) is 32.9 Å². The van der Waals surface area contributed by atoms with Crippen LogP contribution >= 0.6 is 35.3 Å². The van der Waals surface area contributed by atoms with E-state index in [9.17, 15) is 8.42 Å². The van der Waals surface area contributed by atoms with Crippen LogP contribution in [0, 0.1) is 6.92 Å². The molecule has 120 valence electrons. The van der Waals surface area contributed by atoms with Crippen LogP contribution < -0.4 is 10.6 Å². The molecule has 1 atom stereocenters. The van der Waals surface area contributed by atoms with E-state index in [0.717, 1.165) is 16.4 Å². The summed E-state index contributed by atoms with van der Waals surface area (Å²) in [5.74, 6) is 1.10. The molecule has 6 nitrogen and oxygen atoms in total. The van der Waals surface area contributed by atoms with Gasteiger partial charge in [0.1, 0.15) is 5.01 Å². The molecular formula is C12H21IN4O2S2. The fraction of sp³-hybridized carbons (Fsp3) is 0.667. The van der Waals surface area contributed by atoms with Crippen molar-refractivity contribution in [2.24, 2.45) is 4.99 Å². The first kappa shape index (κ1) is 18.6. The van der Waals surface area contributed by atoms with Gasteiger partial charge in [-0.25, -0.2) is 18.4 Å². The van der Waals surface area contributed by atoms with Crippen LogP contribution in [-0.4, -0.2) is 43.5 Å². The number of aryl methyl sites for hydroxylation is 1. The summed E-state index contributed by atoms with van der Waals surface area (Å²) in [5.41, 5.74) is 0. The topological polar surface area (TPSA) is 83.4 Å². The third kappa shape index (κ3) is 6.07. The summed E-state index contributed by atoms with van der Waals surface area (Å²) in [6.07, 6.45) is 2.47. The molecule has 1 unspecified atom stereocenters. The van der Waals surface area contributed by atoms with Crippen molar-refractivity contribution in [3.63, 3.8) is 0 Å². The zero-order valence-corrected chi connectivity index (χ0v) is 16.1. The molecule has 1 aromatic heterocycles. The Hall–Kier alpha value is -0.420. The summed E-state index contributed by atoms with van der Waals surface area (Å²) in [6.45, 7) is 5.24. The molecule has 2 heterocycles. The molecule has 9 heteroatoms. The fourth-order valence-corrected chi connectivity index (χ4v) is 4.43. The quantitative estimate of drug-likeness (QED) is 0.416. The van der Waals surface area contributed by atoms with E-state index in [2.05, 4.69) is 20.6 Å². The Bertz CT molecular complexity index is 586. The van der Waals surface area contributed by atoms with Gasteiger partial charge in [0.15, 0.2) is 15.8 Å². The molecule has 0 saturated carbocycles. The van der Waals surface area contributed by atoms with Crippen molar-refractivity contribution in [3.8, 4) is 0 Å². The third-order valence-electron chi connectivity index (χ3n) is 2.96. The molecule has 21 heavy (non-hydrogen) atoms. The third-order valence-corrected chi connectivity index (χ3v) is 5.62. The molecule has 1 saturated heterocycles. The largest absolute Gasteiger partial charge is 0.357 e. The van der Waals surface area contributed by atoms with Crippen LogP contribution in [-0.2, 0) is 16.4 Å². The maximum atomic E-state index is 11.5. The summed E-state index contributed by atoms with van der Waals surface area (Å²) in [6, 6.07) is -0.0455. The second-order valence-corrected chi connectivity index (χ2v) is 8.35. The van der Waals surface area contributed by atoms with Crippen LogP contribution in [0.3, 0.4) is 0 Å². The van der Waals surface area contributed by atoms with Crippen LogP contribution in [0.1, 0.15) is 23.2 Å². The maximum absolute atomic E-state index is 11.5. The van der Waals surface area contributed by atoms with Crippen molar-refractivity contribution in [3.05, 3.63) is 16.1 Å². The summed E-state index contributed by atoms with van der Waals surface area (Å²) < 4.78 is 22.9. The molecular weight excluding hydrogens is 423 g/mol. The average Bonchev–Trinajstić information content (AvgIpc) is 2.93. The average molecular weight is 444 g/mol. The van der Waals surface area contributed by atoms with Gasteiger partial charge in [-0.2, -0.15) is 0 Å². The first-order chi connectivity index (χ1) is 9.48. The minimum absolute atomic E-state index is 0. The minimum Gasteiger partial charge on any atom is -0.357 e. The number of nitrogens with one attached hydrogen (secondary N) is 2. The van der Waals surface area contributed by atoms with Gasteiger partial charge in [0.2, 0.25) is 0 Å². The molecule has 1 aliphatic heterocycles. The van der Waals surface area contributed by atoms with E-state index >= 15 is 0 Å². The molecule has 0 amide bonds. The lowest BCUT2D eigenvalue weighted by Gasteiger charge is -2.15. The number of aromatic nitrogens is 1. The van der Waals surface area contributed by atoms with Gasteiger partial charge in [-0.3, -0.25) is 0 Å². The number of nitrogens with zero attached hydrogens (tertiary/aromatic N) is 2. The highest BCUT2D eigenvalue weighted by molar-refractivity contribution is 14.0. The smallest absolute Gasteiger partial charge is 0.191 e. The van der Waals surface area contributed by atoms with Gasteiger partial charge in [-0.15, -0.1) is 35.3 Å². The van der Waals surface area contributed by atoms with Crippen LogP contribution in [0.2, 0.25) is 0 Å². The van der Waals surface area contributed by atoms with Crippen molar-refractivity contribution in [1.29, 1.82) is 0 Å². The van der Waals surface area contributed by atoms with E-state index in [0.29, 0.717) is 18.9 Å². The standard InChI is InChI=1S/C12H20N4O2S2.HI/c1-3-13-12(15-7-11-14-6-9(2)19-11)16-10-4-5-20(17,18)8-10;/h6,10H,3-5,7-8H2,1-2H3,(H2,13,15,16);1H. The number of halogens is 1. The van der Waals surface area contributed by atoms with Crippen molar-refractivity contribution >= 4 is 51.1 Å². The monoisotopic (exact) mass is 444 g/mol. The Balaban J connectivity index is 0.00000220. The molecule has 1 fully saturated rings. The first-order valence-corrected chi connectivity index (χ1v) is 9.29. The Labute approximate surface area is 146 Å². The van der Waals surface area contributed by atoms with Crippen LogP contribution in [0.5, 0.6) is 0 Å². The highest BCUT2D eigenvalue weighted by Crippen LogP contribution is 2.13. The molecule has 2 N–H and O–H groups in total. The lowest BCUT2D eigenvalue weighted by atomic mass is 10.3. The Morgan fingerprint density at radius 3 is 2.86 bits per heavy atom. The number of rotatable bonds is 4. The van der Waals surface area contributed by atoms with Crippen LogP contribution in [0.4, 0.5) is 0 Å². The number of hydrogen-bond donors (Lipinski definition) is 2. The molecule has 0 spiro atoms. The second-order valence-electron chi connectivity index (χ2n) is 4.80. The van der Waals surface area contributed by atoms with Crippen molar-refractivity contribution < 1.29 is 8.42 Å². The predicted molar refractivity (Wildman–Crippen MR) is 97.3 cm³/mol. The number of hydrogen-bond acceptors (Lipinski definition) is 5.